The van der Waals surface area contributed by atoms with Gasteiger partial charge in [-0.05, 0) is 24.3 Å². The average molecular weight is 298 g/mol. The number of hydrogen-bond donors (Lipinski definition) is 0. The Kier molecular flexibility index (Phi) is 2.68. The molecule has 7 heteroatoms. The summed E-state index contributed by atoms with van der Waals surface area (Å²) in [6.07, 6.45) is 5.23. The Hall–Kier alpha value is -2.73. The third-order valence-electron chi connectivity index (χ3n) is 2.95. The quantitative estimate of drug-likeness (QED) is 0.568. The number of rotatable bonds is 2. The predicted octanol–water partition coefficient (Wildman–Crippen LogP) is 3.10. The minimum absolute atomic E-state index is 0.343. The van der Waals surface area contributed by atoms with Gasteiger partial charge in [0.15, 0.2) is 0 Å². The van der Waals surface area contributed by atoms with Crippen molar-refractivity contribution < 1.29 is 4.52 Å². The van der Waals surface area contributed by atoms with Gasteiger partial charge in [0.2, 0.25) is 5.82 Å². The lowest BCUT2D eigenvalue weighted by Crippen LogP contribution is -1.84. The van der Waals surface area contributed by atoms with E-state index in [1.807, 2.05) is 28.7 Å². The standard InChI is InChI=1S/C14H8ClN5O/c15-9-4-5-12-17-11(8-20(12)7-9)14-18-13(19-21-14)10-3-1-2-6-16-10/h1-8H. The average Bonchev–Trinajstić information content (AvgIpc) is 3.14. The Morgan fingerprint density at radius 2 is 1.95 bits per heavy atom. The highest BCUT2D eigenvalue weighted by molar-refractivity contribution is 6.30. The molecule has 0 unspecified atom stereocenters. The van der Waals surface area contributed by atoms with E-state index >= 15 is 0 Å². The van der Waals surface area contributed by atoms with E-state index in [1.54, 1.807) is 24.7 Å². The monoisotopic (exact) mass is 297 g/mol. The van der Waals surface area contributed by atoms with Gasteiger partial charge in [0, 0.05) is 18.6 Å². The second-order valence-corrected chi connectivity index (χ2v) is 4.81. The van der Waals surface area contributed by atoms with E-state index in [4.69, 9.17) is 16.1 Å². The molecule has 0 amide bonds. The molecule has 0 atom stereocenters. The number of hydrogen-bond acceptors (Lipinski definition) is 5. The zero-order chi connectivity index (χ0) is 14.2. The van der Waals surface area contributed by atoms with Crippen molar-refractivity contribution >= 4 is 17.2 Å². The maximum absolute atomic E-state index is 5.95. The van der Waals surface area contributed by atoms with Crippen LogP contribution in [0, 0.1) is 0 Å². The minimum Gasteiger partial charge on any atom is -0.332 e. The third kappa shape index (κ3) is 2.15. The molecule has 4 aromatic heterocycles. The van der Waals surface area contributed by atoms with Gasteiger partial charge in [-0.3, -0.25) is 4.98 Å². The van der Waals surface area contributed by atoms with Crippen LogP contribution in [0.1, 0.15) is 0 Å². The molecule has 4 heterocycles. The highest BCUT2D eigenvalue weighted by Crippen LogP contribution is 2.21. The van der Waals surface area contributed by atoms with Crippen LogP contribution in [0.5, 0.6) is 0 Å². The van der Waals surface area contributed by atoms with E-state index in [0.29, 0.717) is 28.1 Å². The van der Waals surface area contributed by atoms with E-state index in [9.17, 15) is 0 Å². The van der Waals surface area contributed by atoms with Gasteiger partial charge in [-0.15, -0.1) is 0 Å². The van der Waals surface area contributed by atoms with Gasteiger partial charge < -0.3 is 8.92 Å². The fraction of sp³-hybridized carbons (Fsp3) is 0. The molecule has 6 nitrogen and oxygen atoms in total. The largest absolute Gasteiger partial charge is 0.332 e. The van der Waals surface area contributed by atoms with Gasteiger partial charge in [0.1, 0.15) is 17.0 Å². The molecule has 0 saturated heterocycles. The number of halogens is 1. The first kappa shape index (κ1) is 12.0. The maximum Gasteiger partial charge on any atom is 0.278 e. The summed E-state index contributed by atoms with van der Waals surface area (Å²) in [7, 11) is 0. The second-order valence-electron chi connectivity index (χ2n) is 4.38. The molecule has 0 aromatic carbocycles. The molecule has 0 radical (unpaired) electrons. The highest BCUT2D eigenvalue weighted by Gasteiger charge is 2.14. The number of fused-ring (bicyclic) bond motifs is 1. The lowest BCUT2D eigenvalue weighted by Gasteiger charge is -1.91. The van der Waals surface area contributed by atoms with Crippen molar-refractivity contribution in [1.29, 1.82) is 0 Å². The summed E-state index contributed by atoms with van der Waals surface area (Å²) >= 11 is 5.95. The van der Waals surface area contributed by atoms with Gasteiger partial charge in [-0.25, -0.2) is 4.98 Å². The van der Waals surface area contributed by atoms with Crippen LogP contribution in [0.4, 0.5) is 0 Å². The summed E-state index contributed by atoms with van der Waals surface area (Å²) < 4.78 is 7.06. The molecule has 0 aliphatic rings. The minimum atomic E-state index is 0.343. The van der Waals surface area contributed by atoms with Gasteiger partial charge in [0.05, 0.1) is 5.02 Å². The van der Waals surface area contributed by atoms with E-state index in [-0.39, 0.29) is 0 Å². The van der Waals surface area contributed by atoms with Crippen molar-refractivity contribution in [3.8, 4) is 23.1 Å². The van der Waals surface area contributed by atoms with Crippen molar-refractivity contribution in [2.75, 3.05) is 0 Å². The Balaban J connectivity index is 1.77. The Labute approximate surface area is 124 Å². The van der Waals surface area contributed by atoms with Crippen LogP contribution < -0.4 is 0 Å². The van der Waals surface area contributed by atoms with Crippen LogP contribution in [-0.2, 0) is 0 Å². The summed E-state index contributed by atoms with van der Waals surface area (Å²) in [6.45, 7) is 0. The van der Waals surface area contributed by atoms with E-state index < -0.39 is 0 Å². The van der Waals surface area contributed by atoms with Crippen LogP contribution in [-0.4, -0.2) is 24.5 Å². The molecule has 4 aromatic rings. The van der Waals surface area contributed by atoms with Gasteiger partial charge in [-0.1, -0.05) is 22.8 Å². The number of imidazole rings is 1. The first-order chi connectivity index (χ1) is 10.3. The zero-order valence-electron chi connectivity index (χ0n) is 10.6. The van der Waals surface area contributed by atoms with Crippen molar-refractivity contribution in [1.82, 2.24) is 24.5 Å². The molecule has 0 fully saturated rings. The van der Waals surface area contributed by atoms with Crippen molar-refractivity contribution in [2.45, 2.75) is 0 Å². The van der Waals surface area contributed by atoms with Crippen LogP contribution in [0.15, 0.2) is 53.4 Å². The van der Waals surface area contributed by atoms with Crippen LogP contribution >= 0.6 is 11.6 Å². The third-order valence-corrected chi connectivity index (χ3v) is 3.18. The molecule has 21 heavy (non-hydrogen) atoms. The van der Waals surface area contributed by atoms with Gasteiger partial charge >= 0.3 is 0 Å². The van der Waals surface area contributed by atoms with E-state index in [2.05, 4.69) is 20.1 Å². The molecular weight excluding hydrogens is 290 g/mol. The summed E-state index contributed by atoms with van der Waals surface area (Å²) in [4.78, 5) is 12.9. The lowest BCUT2D eigenvalue weighted by molar-refractivity contribution is 0.431. The highest BCUT2D eigenvalue weighted by atomic mass is 35.5. The fourth-order valence-corrected chi connectivity index (χ4v) is 2.16. The van der Waals surface area contributed by atoms with Crippen molar-refractivity contribution in [3.63, 3.8) is 0 Å². The molecule has 0 aliphatic heterocycles. The molecule has 0 aliphatic carbocycles. The molecule has 0 spiro atoms. The number of aromatic nitrogens is 5. The van der Waals surface area contributed by atoms with Crippen LogP contribution in [0.3, 0.4) is 0 Å². The number of nitrogens with zero attached hydrogens (tertiary/aromatic N) is 5. The predicted molar refractivity (Wildman–Crippen MR) is 76.7 cm³/mol. The summed E-state index contributed by atoms with van der Waals surface area (Å²) in [5, 5.41) is 4.56. The van der Waals surface area contributed by atoms with Gasteiger partial charge in [-0.2, -0.15) is 4.98 Å². The zero-order valence-corrected chi connectivity index (χ0v) is 11.4. The van der Waals surface area contributed by atoms with Crippen molar-refractivity contribution in [2.24, 2.45) is 0 Å². The summed E-state index contributed by atoms with van der Waals surface area (Å²) in [6, 6.07) is 9.11. The molecule has 0 N–H and O–H groups in total. The first-order valence-corrected chi connectivity index (χ1v) is 6.57. The van der Waals surface area contributed by atoms with Gasteiger partial charge in [0.25, 0.3) is 5.89 Å². The van der Waals surface area contributed by atoms with Crippen LogP contribution in [0.25, 0.3) is 28.8 Å². The Morgan fingerprint density at radius 3 is 2.81 bits per heavy atom. The maximum atomic E-state index is 5.95. The Morgan fingerprint density at radius 1 is 1.00 bits per heavy atom. The summed E-state index contributed by atoms with van der Waals surface area (Å²) in [5.74, 6) is 0.774. The second kappa shape index (κ2) is 4.68. The molecule has 0 saturated carbocycles. The molecule has 102 valence electrons. The first-order valence-electron chi connectivity index (χ1n) is 6.19. The molecule has 4 rings (SSSR count). The fourth-order valence-electron chi connectivity index (χ4n) is 1.99. The normalized spacial score (nSPS) is 11.1. The molecule has 0 bridgehead atoms. The topological polar surface area (TPSA) is 69.1 Å². The Bertz CT molecular complexity index is 915. The van der Waals surface area contributed by atoms with Crippen molar-refractivity contribution in [3.05, 3.63) is 53.9 Å². The van der Waals surface area contributed by atoms with Crippen LogP contribution in [0.2, 0.25) is 5.02 Å². The van der Waals surface area contributed by atoms with E-state index in [1.165, 1.54) is 0 Å². The number of pyridine rings is 2. The SMILES string of the molecule is Clc1ccc2nc(-c3nc(-c4ccccn4)no3)cn2c1. The smallest absolute Gasteiger partial charge is 0.278 e. The summed E-state index contributed by atoms with van der Waals surface area (Å²) in [5.41, 5.74) is 2.00. The van der Waals surface area contributed by atoms with E-state index in [0.717, 1.165) is 5.65 Å². The molecular formula is C14H8ClN5O. The lowest BCUT2D eigenvalue weighted by atomic mass is 10.3.